The maximum Gasteiger partial charge on any atom is 0.191 e. The lowest BCUT2D eigenvalue weighted by atomic mass is 9.92. The van der Waals surface area contributed by atoms with E-state index in [1.807, 2.05) is 19.0 Å². The van der Waals surface area contributed by atoms with Gasteiger partial charge in [0.15, 0.2) is 11.1 Å². The first-order chi connectivity index (χ1) is 13.2. The van der Waals surface area contributed by atoms with Gasteiger partial charge in [-0.1, -0.05) is 19.3 Å². The number of nitrogens with one attached hydrogen (secondary N) is 2. The van der Waals surface area contributed by atoms with Crippen molar-refractivity contribution < 1.29 is 0 Å². The quantitative estimate of drug-likeness (QED) is 0.341. The first-order valence-corrected chi connectivity index (χ1v) is 11.4. The van der Waals surface area contributed by atoms with Gasteiger partial charge in [-0.25, -0.2) is 9.98 Å². The molecule has 0 unspecified atom stereocenters. The summed E-state index contributed by atoms with van der Waals surface area (Å²) in [5.74, 6) is 0.924. The van der Waals surface area contributed by atoms with Crippen LogP contribution in [0.3, 0.4) is 0 Å². The van der Waals surface area contributed by atoms with Crippen LogP contribution in [0.15, 0.2) is 10.4 Å². The highest BCUT2D eigenvalue weighted by atomic mass is 127. The monoisotopic (exact) mass is 520 g/mol. The van der Waals surface area contributed by atoms with Crippen molar-refractivity contribution in [2.24, 2.45) is 4.99 Å². The predicted octanol–water partition coefficient (Wildman–Crippen LogP) is 3.68. The van der Waals surface area contributed by atoms with Crippen LogP contribution < -0.4 is 15.5 Å². The zero-order valence-electron chi connectivity index (χ0n) is 17.6. The highest BCUT2D eigenvalue weighted by Crippen LogP contribution is 2.25. The fourth-order valence-corrected chi connectivity index (χ4v) is 4.85. The van der Waals surface area contributed by atoms with Gasteiger partial charge in [-0.2, -0.15) is 0 Å². The van der Waals surface area contributed by atoms with Crippen LogP contribution >= 0.6 is 35.3 Å². The molecule has 0 spiro atoms. The van der Waals surface area contributed by atoms with Crippen LogP contribution in [0.4, 0.5) is 5.13 Å². The molecule has 3 rings (SSSR count). The van der Waals surface area contributed by atoms with Crippen molar-refractivity contribution in [3.63, 3.8) is 0 Å². The van der Waals surface area contributed by atoms with Crippen molar-refractivity contribution in [1.29, 1.82) is 0 Å². The number of aromatic nitrogens is 1. The van der Waals surface area contributed by atoms with Gasteiger partial charge in [0.1, 0.15) is 0 Å². The van der Waals surface area contributed by atoms with Crippen LogP contribution in [0.2, 0.25) is 0 Å². The van der Waals surface area contributed by atoms with Crippen molar-refractivity contribution in [3.05, 3.63) is 11.1 Å². The van der Waals surface area contributed by atoms with Gasteiger partial charge in [-0.15, -0.1) is 35.3 Å². The van der Waals surface area contributed by atoms with E-state index in [9.17, 15) is 0 Å². The van der Waals surface area contributed by atoms with E-state index >= 15 is 0 Å². The third-order valence-corrected chi connectivity index (χ3v) is 6.68. The van der Waals surface area contributed by atoms with E-state index in [-0.39, 0.29) is 24.0 Å². The largest absolute Gasteiger partial charge is 0.357 e. The first kappa shape index (κ1) is 23.7. The van der Waals surface area contributed by atoms with Gasteiger partial charge in [0.2, 0.25) is 0 Å². The molecule has 1 aliphatic carbocycles. The van der Waals surface area contributed by atoms with Crippen LogP contribution in [0, 0.1) is 0 Å². The molecular formula is C20H37IN6S. The third kappa shape index (κ3) is 7.02. The number of piperidine rings is 1. The molecule has 1 aromatic rings. The fraction of sp³-hybridized carbons (Fsp3) is 0.800. The maximum absolute atomic E-state index is 4.77. The SMILES string of the molecule is CCNC(=NCc1csc(N(C)C)n1)NC1CCN(C2CCCCC2)CC1.I. The molecule has 0 amide bonds. The van der Waals surface area contributed by atoms with Crippen LogP contribution in [0.25, 0.3) is 0 Å². The molecule has 0 radical (unpaired) electrons. The van der Waals surface area contributed by atoms with Gasteiger partial charge in [0.05, 0.1) is 12.2 Å². The summed E-state index contributed by atoms with van der Waals surface area (Å²) in [6.07, 6.45) is 9.52. The van der Waals surface area contributed by atoms with E-state index < -0.39 is 0 Å². The van der Waals surface area contributed by atoms with Crippen LogP contribution in [0.1, 0.15) is 57.6 Å². The van der Waals surface area contributed by atoms with Gasteiger partial charge in [0.25, 0.3) is 0 Å². The number of aliphatic imine (C=N–C) groups is 1. The molecule has 160 valence electrons. The molecule has 0 atom stereocenters. The number of thiazole rings is 1. The van der Waals surface area contributed by atoms with Gasteiger partial charge in [0, 0.05) is 51.2 Å². The van der Waals surface area contributed by atoms with Gasteiger partial charge in [-0.3, -0.25) is 0 Å². The van der Waals surface area contributed by atoms with E-state index in [1.165, 1.54) is 58.0 Å². The van der Waals surface area contributed by atoms with Crippen LogP contribution in [-0.4, -0.2) is 61.7 Å². The number of anilines is 1. The Bertz CT molecular complexity index is 591. The Morgan fingerprint density at radius 1 is 1.21 bits per heavy atom. The number of hydrogen-bond donors (Lipinski definition) is 2. The van der Waals surface area contributed by atoms with Gasteiger partial charge < -0.3 is 20.4 Å². The maximum atomic E-state index is 4.77. The molecule has 8 heteroatoms. The van der Waals surface area contributed by atoms with Crippen molar-refractivity contribution in [2.75, 3.05) is 38.6 Å². The number of rotatable bonds is 6. The number of halogens is 1. The van der Waals surface area contributed by atoms with Crippen LogP contribution in [0.5, 0.6) is 0 Å². The average molecular weight is 521 g/mol. The second-order valence-corrected chi connectivity index (χ2v) is 8.79. The molecule has 1 aromatic heterocycles. The van der Waals surface area contributed by atoms with Crippen molar-refractivity contribution in [3.8, 4) is 0 Å². The molecule has 6 nitrogen and oxygen atoms in total. The summed E-state index contributed by atoms with van der Waals surface area (Å²) in [6.45, 7) is 6.07. The molecular weight excluding hydrogens is 483 g/mol. The summed E-state index contributed by atoms with van der Waals surface area (Å²) in [4.78, 5) is 14.2. The Hall–Kier alpha value is -0.610. The highest BCUT2D eigenvalue weighted by molar-refractivity contribution is 14.0. The third-order valence-electron chi connectivity index (χ3n) is 5.63. The second kappa shape index (κ2) is 12.2. The molecule has 2 N–H and O–H groups in total. The lowest BCUT2D eigenvalue weighted by Gasteiger charge is -2.39. The van der Waals surface area contributed by atoms with Crippen molar-refractivity contribution in [1.82, 2.24) is 20.5 Å². The van der Waals surface area contributed by atoms with Crippen molar-refractivity contribution in [2.45, 2.75) is 70.5 Å². The van der Waals surface area contributed by atoms with E-state index in [1.54, 1.807) is 11.3 Å². The van der Waals surface area contributed by atoms with Crippen LogP contribution in [-0.2, 0) is 6.54 Å². The summed E-state index contributed by atoms with van der Waals surface area (Å²) in [7, 11) is 4.05. The van der Waals surface area contributed by atoms with Gasteiger partial charge >= 0.3 is 0 Å². The molecule has 0 bridgehead atoms. The number of nitrogens with zero attached hydrogens (tertiary/aromatic N) is 4. The standard InChI is InChI=1S/C20H36N6S.HI/c1-4-21-19(22-14-17-15-27-20(24-17)25(2)3)23-16-10-12-26(13-11-16)18-8-6-5-7-9-18;/h15-16,18H,4-14H2,1-3H3,(H2,21,22,23);1H. The van der Waals surface area contributed by atoms with E-state index in [0.29, 0.717) is 12.6 Å². The molecule has 2 heterocycles. The molecule has 1 saturated heterocycles. The van der Waals surface area contributed by atoms with E-state index in [0.717, 1.165) is 29.4 Å². The number of guanidine groups is 1. The molecule has 1 saturated carbocycles. The molecule has 2 aliphatic rings. The minimum absolute atomic E-state index is 0. The normalized spacial score (nSPS) is 19.9. The zero-order valence-corrected chi connectivity index (χ0v) is 20.8. The Kier molecular flexibility index (Phi) is 10.3. The highest BCUT2D eigenvalue weighted by Gasteiger charge is 2.26. The summed E-state index contributed by atoms with van der Waals surface area (Å²) in [5, 5.41) is 10.2. The Balaban J connectivity index is 0.00000280. The smallest absolute Gasteiger partial charge is 0.191 e. The average Bonchev–Trinajstić information content (AvgIpc) is 3.17. The zero-order chi connectivity index (χ0) is 19.1. The Morgan fingerprint density at radius 2 is 1.93 bits per heavy atom. The summed E-state index contributed by atoms with van der Waals surface area (Å²) >= 11 is 1.67. The van der Waals surface area contributed by atoms with Crippen molar-refractivity contribution >= 4 is 46.4 Å². The summed E-state index contributed by atoms with van der Waals surface area (Å²) < 4.78 is 0. The predicted molar refractivity (Wildman–Crippen MR) is 131 cm³/mol. The Morgan fingerprint density at radius 3 is 2.54 bits per heavy atom. The molecule has 28 heavy (non-hydrogen) atoms. The number of likely N-dealkylation sites (tertiary alicyclic amines) is 1. The molecule has 1 aliphatic heterocycles. The minimum Gasteiger partial charge on any atom is -0.357 e. The van der Waals surface area contributed by atoms with Gasteiger partial charge in [-0.05, 0) is 32.6 Å². The number of hydrogen-bond acceptors (Lipinski definition) is 5. The topological polar surface area (TPSA) is 55.8 Å². The Labute approximate surface area is 191 Å². The minimum atomic E-state index is 0. The van der Waals surface area contributed by atoms with E-state index in [2.05, 4.69) is 32.8 Å². The fourth-order valence-electron chi connectivity index (χ4n) is 4.10. The lowest BCUT2D eigenvalue weighted by Crippen LogP contribution is -2.50. The molecule has 2 fully saturated rings. The van der Waals surface area contributed by atoms with E-state index in [4.69, 9.17) is 4.99 Å². The lowest BCUT2D eigenvalue weighted by molar-refractivity contribution is 0.119. The first-order valence-electron chi connectivity index (χ1n) is 10.6. The summed E-state index contributed by atoms with van der Waals surface area (Å²) in [6, 6.07) is 1.37. The summed E-state index contributed by atoms with van der Waals surface area (Å²) in [5.41, 5.74) is 1.04. The second-order valence-electron chi connectivity index (χ2n) is 7.96. The molecule has 0 aromatic carbocycles.